The summed E-state index contributed by atoms with van der Waals surface area (Å²) in [5.74, 6) is 0. The van der Waals surface area contributed by atoms with E-state index in [9.17, 15) is 4.57 Å². The first-order chi connectivity index (χ1) is 5.58. The zero-order chi connectivity index (χ0) is 9.03. The molecule has 13 heavy (non-hydrogen) atoms. The van der Waals surface area contributed by atoms with Crippen LogP contribution in [0, 0.1) is 0 Å². The van der Waals surface area contributed by atoms with E-state index in [1.165, 1.54) is 6.42 Å². The van der Waals surface area contributed by atoms with E-state index >= 15 is 0 Å². The van der Waals surface area contributed by atoms with Crippen LogP contribution in [-0.2, 0) is 9.19 Å². The quantitative estimate of drug-likeness (QED) is 0.361. The molecule has 7 heteroatoms. The van der Waals surface area contributed by atoms with Crippen LogP contribution in [0.1, 0.15) is 32.1 Å². The molecule has 1 saturated carbocycles. The fraction of sp³-hybridized carbons (Fsp3) is 1.00. The zero-order valence-corrected chi connectivity index (χ0v) is 7.67. The van der Waals surface area contributed by atoms with E-state index in [4.69, 9.17) is 9.79 Å². The first-order valence-corrected chi connectivity index (χ1v) is 5.60. The number of hydrogen-bond acceptors (Lipinski definition) is 3. The molecule has 5 nitrogen and oxygen atoms in total. The molecule has 1 aliphatic carbocycles. The van der Waals surface area contributed by atoms with Crippen molar-refractivity contribution in [2.45, 2.75) is 38.1 Å². The summed E-state index contributed by atoms with van der Waals surface area (Å²) in [6.45, 7) is 0. The van der Waals surface area contributed by atoms with Crippen molar-refractivity contribution in [2.75, 3.05) is 0 Å². The van der Waals surface area contributed by atoms with Crippen LogP contribution in [0.25, 0.3) is 0 Å². The van der Waals surface area contributed by atoms with E-state index in [-0.39, 0.29) is 35.6 Å². The average molecular weight is 219 g/mol. The third-order valence-electron chi connectivity index (χ3n) is 1.94. The summed E-state index contributed by atoms with van der Waals surface area (Å²) in [6, 6.07) is 0.103. The minimum atomic E-state index is -4.34. The summed E-state index contributed by atoms with van der Waals surface area (Å²) < 4.78 is 14.5. The minimum absolute atomic E-state index is 0. The Morgan fingerprint density at radius 2 is 1.77 bits per heavy atom. The molecule has 1 aliphatic rings. The van der Waals surface area contributed by atoms with Crippen molar-refractivity contribution < 1.29 is 19.0 Å². The van der Waals surface area contributed by atoms with E-state index in [1.54, 1.807) is 0 Å². The van der Waals surface area contributed by atoms with E-state index in [0.717, 1.165) is 25.7 Å². The van der Waals surface area contributed by atoms with Gasteiger partial charge in [0.15, 0.2) is 0 Å². The van der Waals surface area contributed by atoms with E-state index in [0.29, 0.717) is 0 Å². The topological polar surface area (TPSA) is 78.8 Å². The van der Waals surface area contributed by atoms with Crippen molar-refractivity contribution in [3.8, 4) is 0 Å². The number of phosphoric acid groups is 1. The molecule has 3 N–H and O–H groups in total. The molecular formula is C6H15NNaO4P. The van der Waals surface area contributed by atoms with Crippen LogP contribution in [-0.4, -0.2) is 45.4 Å². The van der Waals surface area contributed by atoms with Crippen molar-refractivity contribution in [1.82, 2.24) is 5.48 Å². The normalized spacial score (nSPS) is 19.5. The second-order valence-electron chi connectivity index (χ2n) is 3.03. The Balaban J connectivity index is 0.00000144. The second-order valence-corrected chi connectivity index (χ2v) is 4.20. The summed E-state index contributed by atoms with van der Waals surface area (Å²) in [7, 11) is -4.34. The van der Waals surface area contributed by atoms with Gasteiger partial charge < -0.3 is 9.79 Å². The summed E-state index contributed by atoms with van der Waals surface area (Å²) in [5, 5.41) is 0. The first-order valence-electron chi connectivity index (χ1n) is 4.07. The third-order valence-corrected chi connectivity index (χ3v) is 2.29. The average Bonchev–Trinajstić information content (AvgIpc) is 2.02. The van der Waals surface area contributed by atoms with Gasteiger partial charge in [-0.2, -0.15) is 10.1 Å². The van der Waals surface area contributed by atoms with Gasteiger partial charge in [0.1, 0.15) is 0 Å². The Hall–Kier alpha value is 1.07. The Labute approximate surface area is 99.7 Å². The molecule has 0 spiro atoms. The summed E-state index contributed by atoms with van der Waals surface area (Å²) >= 11 is 0. The molecule has 0 aromatic rings. The van der Waals surface area contributed by atoms with Crippen LogP contribution in [0.5, 0.6) is 0 Å². The molecule has 0 aromatic carbocycles. The predicted molar refractivity (Wildman–Crippen MR) is 50.3 cm³/mol. The molecular weight excluding hydrogens is 204 g/mol. The van der Waals surface area contributed by atoms with Crippen molar-refractivity contribution in [3.05, 3.63) is 0 Å². The molecule has 1 rings (SSSR count). The number of hydroxylamine groups is 1. The maximum absolute atomic E-state index is 10.3. The predicted octanol–water partition coefficient (Wildman–Crippen LogP) is 0.284. The Morgan fingerprint density at radius 1 is 1.23 bits per heavy atom. The number of rotatable bonds is 3. The Morgan fingerprint density at radius 3 is 2.23 bits per heavy atom. The van der Waals surface area contributed by atoms with Gasteiger partial charge in [-0.05, 0) is 12.8 Å². The van der Waals surface area contributed by atoms with Crippen LogP contribution >= 0.6 is 7.82 Å². The number of hydrogen-bond donors (Lipinski definition) is 3. The molecule has 74 valence electrons. The van der Waals surface area contributed by atoms with Crippen molar-refractivity contribution >= 4 is 37.4 Å². The van der Waals surface area contributed by atoms with E-state index < -0.39 is 7.82 Å². The number of nitrogens with one attached hydrogen (secondary N) is 1. The summed E-state index contributed by atoms with van der Waals surface area (Å²) in [6.07, 6.45) is 5.26. The zero-order valence-electron chi connectivity index (χ0n) is 6.77. The third kappa shape index (κ3) is 7.05. The van der Waals surface area contributed by atoms with Gasteiger partial charge in [-0.1, -0.05) is 19.3 Å². The molecule has 0 heterocycles. The van der Waals surface area contributed by atoms with Gasteiger partial charge in [-0.3, -0.25) is 0 Å². The molecule has 0 amide bonds. The van der Waals surface area contributed by atoms with Gasteiger partial charge in [0, 0.05) is 6.04 Å². The molecule has 0 aliphatic heterocycles. The van der Waals surface area contributed by atoms with Crippen LogP contribution in [0.15, 0.2) is 0 Å². The van der Waals surface area contributed by atoms with E-state index in [2.05, 4.69) is 10.1 Å². The Kier molecular flexibility index (Phi) is 7.07. The first kappa shape index (κ1) is 14.1. The maximum atomic E-state index is 10.3. The van der Waals surface area contributed by atoms with Crippen LogP contribution in [0.3, 0.4) is 0 Å². The van der Waals surface area contributed by atoms with Gasteiger partial charge in [-0.25, -0.2) is 4.57 Å². The Bertz CT molecular complexity index is 179. The summed E-state index contributed by atoms with van der Waals surface area (Å²) in [5.41, 5.74) is 2.40. The molecule has 0 aromatic heterocycles. The molecule has 0 radical (unpaired) electrons. The van der Waals surface area contributed by atoms with Gasteiger partial charge >= 0.3 is 37.4 Å². The van der Waals surface area contributed by atoms with Crippen LogP contribution in [0.4, 0.5) is 0 Å². The SMILES string of the molecule is O=P(O)(O)ONC1CCCCC1.[NaH]. The van der Waals surface area contributed by atoms with Crippen LogP contribution < -0.4 is 5.48 Å². The molecule has 0 atom stereocenters. The second kappa shape index (κ2) is 6.53. The fourth-order valence-corrected chi connectivity index (χ4v) is 1.65. The van der Waals surface area contributed by atoms with Crippen molar-refractivity contribution in [1.29, 1.82) is 0 Å². The van der Waals surface area contributed by atoms with Gasteiger partial charge in [-0.15, -0.1) is 0 Å². The van der Waals surface area contributed by atoms with Crippen LogP contribution in [0.2, 0.25) is 0 Å². The standard InChI is InChI=1S/C6H14NO4P.Na.H/c8-12(9,10)11-7-6-4-2-1-3-5-6;;/h6-7H,1-5H2,(H2,8,9,10);;. The molecule has 0 unspecified atom stereocenters. The van der Waals surface area contributed by atoms with E-state index in [1.807, 2.05) is 0 Å². The molecule has 0 bridgehead atoms. The van der Waals surface area contributed by atoms with Gasteiger partial charge in [0.2, 0.25) is 0 Å². The monoisotopic (exact) mass is 219 g/mol. The summed E-state index contributed by atoms with van der Waals surface area (Å²) in [4.78, 5) is 16.7. The van der Waals surface area contributed by atoms with Gasteiger partial charge in [0.25, 0.3) is 0 Å². The van der Waals surface area contributed by atoms with Crippen molar-refractivity contribution in [3.63, 3.8) is 0 Å². The molecule has 1 fully saturated rings. The molecule has 0 saturated heterocycles. The van der Waals surface area contributed by atoms with Gasteiger partial charge in [0.05, 0.1) is 0 Å². The van der Waals surface area contributed by atoms with Crippen molar-refractivity contribution in [2.24, 2.45) is 0 Å². The fourth-order valence-electron chi connectivity index (χ4n) is 1.36.